The third kappa shape index (κ3) is 2.87. The maximum absolute atomic E-state index is 11.9. The van der Waals surface area contributed by atoms with Gasteiger partial charge in [0, 0.05) is 19.5 Å². The summed E-state index contributed by atoms with van der Waals surface area (Å²) in [4.78, 5) is 24.1. The van der Waals surface area contributed by atoms with E-state index < -0.39 is 5.97 Å². The first-order chi connectivity index (χ1) is 8.16. The van der Waals surface area contributed by atoms with Crippen molar-refractivity contribution < 1.29 is 19.1 Å². The number of carboxylic acid groups (broad SMARTS) is 1. The molecule has 2 rings (SSSR count). The number of nitrogens with zero attached hydrogens (tertiary/aromatic N) is 1. The smallest absolute Gasteiger partial charge is 0.303 e. The van der Waals surface area contributed by atoms with Crippen molar-refractivity contribution in [1.29, 1.82) is 0 Å². The average molecular weight is 237 g/mol. The summed E-state index contributed by atoms with van der Waals surface area (Å²) in [7, 11) is 0. The lowest BCUT2D eigenvalue weighted by molar-refractivity contribution is -0.137. The summed E-state index contributed by atoms with van der Waals surface area (Å²) >= 11 is 0. The van der Waals surface area contributed by atoms with Gasteiger partial charge in [-0.05, 0) is 30.9 Å². The predicted octanol–water partition coefficient (Wildman–Crippen LogP) is 1.61. The van der Waals surface area contributed by atoms with Crippen molar-refractivity contribution in [3.05, 3.63) is 24.2 Å². The van der Waals surface area contributed by atoms with Crippen molar-refractivity contribution in [3.8, 4) is 0 Å². The lowest BCUT2D eigenvalue weighted by Crippen LogP contribution is -2.28. The van der Waals surface area contributed by atoms with Crippen LogP contribution in [0.5, 0.6) is 0 Å². The molecule has 1 aromatic heterocycles. The topological polar surface area (TPSA) is 70.8 Å². The fraction of sp³-hybridized carbons (Fsp3) is 0.500. The average Bonchev–Trinajstić information content (AvgIpc) is 2.97. The van der Waals surface area contributed by atoms with Crippen LogP contribution in [0.15, 0.2) is 22.8 Å². The van der Waals surface area contributed by atoms with Crippen molar-refractivity contribution >= 4 is 11.9 Å². The Kier molecular flexibility index (Phi) is 3.46. The number of carboxylic acids is 1. The van der Waals surface area contributed by atoms with Crippen LogP contribution in [0.4, 0.5) is 0 Å². The molecular formula is C12H15NO4. The highest BCUT2D eigenvalue weighted by Crippen LogP contribution is 2.22. The van der Waals surface area contributed by atoms with Crippen LogP contribution in [0.1, 0.15) is 29.8 Å². The number of hydrogen-bond donors (Lipinski definition) is 1. The van der Waals surface area contributed by atoms with E-state index in [1.807, 2.05) is 0 Å². The van der Waals surface area contributed by atoms with E-state index in [0.717, 1.165) is 6.42 Å². The fourth-order valence-electron chi connectivity index (χ4n) is 2.14. The SMILES string of the molecule is O=C(O)CCC1CCN(C(=O)c2ccco2)C1. The van der Waals surface area contributed by atoms with Gasteiger partial charge in [0.15, 0.2) is 5.76 Å². The number of amides is 1. The minimum Gasteiger partial charge on any atom is -0.481 e. The molecule has 2 heterocycles. The van der Waals surface area contributed by atoms with Crippen LogP contribution in [-0.4, -0.2) is 35.0 Å². The summed E-state index contributed by atoms with van der Waals surface area (Å²) in [6.07, 6.45) is 3.16. The fourth-order valence-corrected chi connectivity index (χ4v) is 2.14. The maximum atomic E-state index is 11.9. The zero-order chi connectivity index (χ0) is 12.3. The van der Waals surface area contributed by atoms with E-state index in [9.17, 15) is 9.59 Å². The highest BCUT2D eigenvalue weighted by Gasteiger charge is 2.28. The molecule has 5 nitrogen and oxygen atoms in total. The van der Waals surface area contributed by atoms with Crippen LogP contribution < -0.4 is 0 Å². The van der Waals surface area contributed by atoms with Gasteiger partial charge in [-0.25, -0.2) is 0 Å². The standard InChI is InChI=1S/C12H15NO4/c14-11(15)4-3-9-5-6-13(8-9)12(16)10-2-1-7-17-10/h1-2,7,9H,3-6,8H2,(H,14,15). The largest absolute Gasteiger partial charge is 0.481 e. The third-order valence-electron chi connectivity index (χ3n) is 3.07. The number of carbonyl (C=O) groups excluding carboxylic acids is 1. The second kappa shape index (κ2) is 5.03. The normalized spacial score (nSPS) is 19.5. The first-order valence-electron chi connectivity index (χ1n) is 5.71. The molecule has 5 heteroatoms. The number of hydrogen-bond acceptors (Lipinski definition) is 3. The van der Waals surface area contributed by atoms with Crippen LogP contribution >= 0.6 is 0 Å². The molecule has 0 radical (unpaired) electrons. The van der Waals surface area contributed by atoms with Gasteiger partial charge < -0.3 is 14.4 Å². The van der Waals surface area contributed by atoms with Gasteiger partial charge in [0.1, 0.15) is 0 Å². The van der Waals surface area contributed by atoms with Gasteiger partial charge in [0.05, 0.1) is 6.26 Å². The van der Waals surface area contributed by atoms with E-state index in [-0.39, 0.29) is 12.3 Å². The Bertz CT molecular complexity index is 399. The van der Waals surface area contributed by atoms with Crippen LogP contribution in [0.3, 0.4) is 0 Å². The predicted molar refractivity (Wildman–Crippen MR) is 59.6 cm³/mol. The molecule has 1 fully saturated rings. The molecule has 0 aromatic carbocycles. The monoisotopic (exact) mass is 237 g/mol. The number of aliphatic carboxylic acids is 1. The Morgan fingerprint density at radius 2 is 2.35 bits per heavy atom. The molecule has 0 spiro atoms. The summed E-state index contributed by atoms with van der Waals surface area (Å²) in [6.45, 7) is 1.32. The quantitative estimate of drug-likeness (QED) is 0.863. The number of rotatable bonds is 4. The molecule has 0 saturated carbocycles. The van der Waals surface area contributed by atoms with Crippen molar-refractivity contribution in [2.45, 2.75) is 19.3 Å². The van der Waals surface area contributed by atoms with Gasteiger partial charge in [0.2, 0.25) is 0 Å². The second-order valence-corrected chi connectivity index (χ2v) is 4.32. The molecule has 1 atom stereocenters. The van der Waals surface area contributed by atoms with Gasteiger partial charge in [0.25, 0.3) is 5.91 Å². The summed E-state index contributed by atoms with van der Waals surface area (Å²) in [5, 5.41) is 8.60. The van der Waals surface area contributed by atoms with E-state index in [1.54, 1.807) is 17.0 Å². The lowest BCUT2D eigenvalue weighted by atomic mass is 10.0. The first kappa shape index (κ1) is 11.7. The minimum atomic E-state index is -0.777. The summed E-state index contributed by atoms with van der Waals surface area (Å²) in [5.41, 5.74) is 0. The molecular weight excluding hydrogens is 222 g/mol. The zero-order valence-electron chi connectivity index (χ0n) is 9.46. The Morgan fingerprint density at radius 1 is 1.53 bits per heavy atom. The Balaban J connectivity index is 1.85. The number of likely N-dealkylation sites (tertiary alicyclic amines) is 1. The van der Waals surface area contributed by atoms with E-state index >= 15 is 0 Å². The van der Waals surface area contributed by atoms with Crippen molar-refractivity contribution in [2.75, 3.05) is 13.1 Å². The number of furan rings is 1. The summed E-state index contributed by atoms with van der Waals surface area (Å²) in [5.74, 6) is -0.234. The van der Waals surface area contributed by atoms with Gasteiger partial charge in [-0.2, -0.15) is 0 Å². The Hall–Kier alpha value is -1.78. The molecule has 1 aliphatic rings. The highest BCUT2D eigenvalue weighted by molar-refractivity contribution is 5.91. The van der Waals surface area contributed by atoms with E-state index in [1.165, 1.54) is 6.26 Å². The molecule has 17 heavy (non-hydrogen) atoms. The van der Waals surface area contributed by atoms with Crippen LogP contribution in [0.2, 0.25) is 0 Å². The van der Waals surface area contributed by atoms with Crippen molar-refractivity contribution in [2.24, 2.45) is 5.92 Å². The van der Waals surface area contributed by atoms with E-state index in [0.29, 0.717) is 31.2 Å². The highest BCUT2D eigenvalue weighted by atomic mass is 16.4. The number of carbonyl (C=O) groups is 2. The minimum absolute atomic E-state index is 0.104. The zero-order valence-corrected chi connectivity index (χ0v) is 9.46. The van der Waals surface area contributed by atoms with Gasteiger partial charge in [-0.1, -0.05) is 0 Å². The molecule has 1 aliphatic heterocycles. The molecule has 1 saturated heterocycles. The summed E-state index contributed by atoms with van der Waals surface area (Å²) in [6, 6.07) is 3.33. The van der Waals surface area contributed by atoms with Crippen LogP contribution in [0.25, 0.3) is 0 Å². The molecule has 0 bridgehead atoms. The molecule has 1 aromatic rings. The first-order valence-corrected chi connectivity index (χ1v) is 5.71. The van der Waals surface area contributed by atoms with E-state index in [4.69, 9.17) is 9.52 Å². The van der Waals surface area contributed by atoms with Crippen molar-refractivity contribution in [3.63, 3.8) is 0 Å². The Labute approximate surface area is 99.0 Å². The van der Waals surface area contributed by atoms with Crippen molar-refractivity contribution in [1.82, 2.24) is 4.90 Å². The third-order valence-corrected chi connectivity index (χ3v) is 3.07. The molecule has 1 N–H and O–H groups in total. The second-order valence-electron chi connectivity index (χ2n) is 4.32. The molecule has 1 amide bonds. The lowest BCUT2D eigenvalue weighted by Gasteiger charge is -2.14. The molecule has 1 unspecified atom stereocenters. The van der Waals surface area contributed by atoms with Crippen LogP contribution in [0, 0.1) is 5.92 Å². The molecule has 92 valence electrons. The van der Waals surface area contributed by atoms with Gasteiger partial charge in [-0.15, -0.1) is 0 Å². The van der Waals surface area contributed by atoms with Gasteiger partial charge >= 0.3 is 5.97 Å². The Morgan fingerprint density at radius 3 is 3.00 bits per heavy atom. The molecule has 0 aliphatic carbocycles. The van der Waals surface area contributed by atoms with Crippen LogP contribution in [-0.2, 0) is 4.79 Å². The maximum Gasteiger partial charge on any atom is 0.303 e. The summed E-state index contributed by atoms with van der Waals surface area (Å²) < 4.78 is 5.06. The van der Waals surface area contributed by atoms with Gasteiger partial charge in [-0.3, -0.25) is 9.59 Å². The van der Waals surface area contributed by atoms with E-state index in [2.05, 4.69) is 0 Å².